The number of hydrogen-bond donors (Lipinski definition) is 1. The lowest BCUT2D eigenvalue weighted by atomic mass is 10.1. The lowest BCUT2D eigenvalue weighted by Gasteiger charge is -2.14. The van der Waals surface area contributed by atoms with Gasteiger partial charge in [-0.2, -0.15) is 0 Å². The highest BCUT2D eigenvalue weighted by atomic mass is 127. The lowest BCUT2D eigenvalue weighted by molar-refractivity contribution is 0.807. The Balaban J connectivity index is 2.50. The summed E-state index contributed by atoms with van der Waals surface area (Å²) in [6.07, 6.45) is 4.61. The molecule has 4 nitrogen and oxygen atoms in total. The van der Waals surface area contributed by atoms with E-state index in [1.54, 1.807) is 12.4 Å². The molecule has 0 unspecified atom stereocenters. The van der Waals surface area contributed by atoms with Crippen molar-refractivity contribution in [3.05, 3.63) is 33.8 Å². The number of halogens is 1. The summed E-state index contributed by atoms with van der Waals surface area (Å²) in [4.78, 5) is 13.4. The van der Waals surface area contributed by atoms with Crippen LogP contribution in [-0.4, -0.2) is 21.5 Å². The maximum absolute atomic E-state index is 4.72. The number of rotatable bonds is 5. The van der Waals surface area contributed by atoms with Crippen molar-refractivity contribution < 1.29 is 0 Å². The maximum Gasteiger partial charge on any atom is 0.161 e. The Morgan fingerprint density at radius 2 is 1.90 bits per heavy atom. The molecule has 2 heterocycles. The molecule has 5 heteroatoms. The molecular weight excluding hydrogens is 363 g/mol. The maximum atomic E-state index is 4.72. The Labute approximate surface area is 133 Å². The molecule has 0 spiro atoms. The molecule has 0 aliphatic carbocycles. The summed E-state index contributed by atoms with van der Waals surface area (Å²) in [6, 6.07) is 3.88. The zero-order valence-corrected chi connectivity index (χ0v) is 14.2. The third-order valence-electron chi connectivity index (χ3n) is 2.90. The van der Waals surface area contributed by atoms with Crippen molar-refractivity contribution in [1.82, 2.24) is 15.0 Å². The van der Waals surface area contributed by atoms with E-state index in [-0.39, 0.29) is 0 Å². The first-order valence-electron chi connectivity index (χ1n) is 6.85. The summed E-state index contributed by atoms with van der Waals surface area (Å²) >= 11 is 2.33. The molecule has 0 aliphatic rings. The van der Waals surface area contributed by atoms with Gasteiger partial charge < -0.3 is 5.32 Å². The van der Waals surface area contributed by atoms with Crippen molar-refractivity contribution in [2.75, 3.05) is 11.9 Å². The number of aromatic nitrogens is 3. The number of nitrogens with one attached hydrogen (secondary N) is 1. The van der Waals surface area contributed by atoms with Gasteiger partial charge in [-0.1, -0.05) is 20.8 Å². The zero-order chi connectivity index (χ0) is 14.5. The molecule has 0 saturated heterocycles. The van der Waals surface area contributed by atoms with E-state index in [1.807, 2.05) is 12.1 Å². The number of anilines is 1. The molecule has 2 rings (SSSR count). The van der Waals surface area contributed by atoms with Crippen LogP contribution in [0.4, 0.5) is 5.82 Å². The second-order valence-corrected chi connectivity index (χ2v) is 5.99. The van der Waals surface area contributed by atoms with Crippen molar-refractivity contribution in [3.8, 4) is 11.4 Å². The van der Waals surface area contributed by atoms with Crippen LogP contribution in [0.2, 0.25) is 0 Å². The average Bonchev–Trinajstić information content (AvgIpc) is 2.46. The molecule has 0 bridgehead atoms. The molecule has 20 heavy (non-hydrogen) atoms. The van der Waals surface area contributed by atoms with Gasteiger partial charge in [-0.15, -0.1) is 0 Å². The van der Waals surface area contributed by atoms with Crippen LogP contribution in [0.3, 0.4) is 0 Å². The molecule has 0 aliphatic heterocycles. The van der Waals surface area contributed by atoms with E-state index in [1.165, 1.54) is 0 Å². The monoisotopic (exact) mass is 382 g/mol. The van der Waals surface area contributed by atoms with Gasteiger partial charge in [0.15, 0.2) is 5.82 Å². The standard InChI is InChI=1S/C15H19IN4/c1-4-7-18-15-12(16)13(10(2)3)19-14(20-15)11-5-8-17-9-6-11/h5-6,8-10H,4,7H2,1-3H3,(H,18,19,20). The first kappa shape index (κ1) is 15.2. The van der Waals surface area contributed by atoms with Crippen LogP contribution in [0.5, 0.6) is 0 Å². The van der Waals surface area contributed by atoms with Gasteiger partial charge in [-0.3, -0.25) is 4.98 Å². The molecule has 2 aromatic heterocycles. The van der Waals surface area contributed by atoms with Crippen LogP contribution in [-0.2, 0) is 0 Å². The van der Waals surface area contributed by atoms with Gasteiger partial charge in [0.1, 0.15) is 5.82 Å². The third kappa shape index (κ3) is 3.45. The van der Waals surface area contributed by atoms with E-state index in [0.29, 0.717) is 5.92 Å². The molecule has 0 saturated carbocycles. The van der Waals surface area contributed by atoms with Crippen LogP contribution in [0.1, 0.15) is 38.8 Å². The van der Waals surface area contributed by atoms with Crippen LogP contribution >= 0.6 is 22.6 Å². The second-order valence-electron chi connectivity index (χ2n) is 4.91. The first-order valence-corrected chi connectivity index (χ1v) is 7.93. The van der Waals surface area contributed by atoms with Crippen molar-refractivity contribution in [2.45, 2.75) is 33.1 Å². The van der Waals surface area contributed by atoms with Gasteiger partial charge in [0.05, 0.1) is 9.26 Å². The quantitative estimate of drug-likeness (QED) is 0.792. The van der Waals surface area contributed by atoms with Crippen LogP contribution < -0.4 is 5.32 Å². The SMILES string of the molecule is CCCNc1nc(-c2ccncc2)nc(C(C)C)c1I. The van der Waals surface area contributed by atoms with E-state index in [9.17, 15) is 0 Å². The van der Waals surface area contributed by atoms with Crippen LogP contribution in [0.25, 0.3) is 11.4 Å². The third-order valence-corrected chi connectivity index (χ3v) is 3.97. The van der Waals surface area contributed by atoms with E-state index in [0.717, 1.165) is 39.4 Å². The molecule has 2 aromatic rings. The first-order chi connectivity index (χ1) is 9.63. The normalized spacial score (nSPS) is 10.8. The van der Waals surface area contributed by atoms with Crippen molar-refractivity contribution in [2.24, 2.45) is 0 Å². The number of nitrogens with zero attached hydrogens (tertiary/aromatic N) is 3. The highest BCUT2D eigenvalue weighted by Gasteiger charge is 2.15. The smallest absolute Gasteiger partial charge is 0.161 e. The van der Waals surface area contributed by atoms with Gasteiger partial charge in [-0.05, 0) is 47.1 Å². The highest BCUT2D eigenvalue weighted by molar-refractivity contribution is 14.1. The minimum absolute atomic E-state index is 0.368. The van der Waals surface area contributed by atoms with Gasteiger partial charge >= 0.3 is 0 Å². The van der Waals surface area contributed by atoms with Crippen molar-refractivity contribution >= 4 is 28.4 Å². The van der Waals surface area contributed by atoms with Crippen LogP contribution in [0.15, 0.2) is 24.5 Å². The largest absolute Gasteiger partial charge is 0.369 e. The Morgan fingerprint density at radius 1 is 1.20 bits per heavy atom. The fraction of sp³-hybridized carbons (Fsp3) is 0.400. The zero-order valence-electron chi connectivity index (χ0n) is 12.0. The minimum Gasteiger partial charge on any atom is -0.369 e. The summed E-state index contributed by atoms with van der Waals surface area (Å²) in [7, 11) is 0. The minimum atomic E-state index is 0.368. The Morgan fingerprint density at radius 3 is 2.50 bits per heavy atom. The van der Waals surface area contributed by atoms with Crippen molar-refractivity contribution in [1.29, 1.82) is 0 Å². The number of hydrogen-bond acceptors (Lipinski definition) is 4. The van der Waals surface area contributed by atoms with E-state index in [4.69, 9.17) is 4.98 Å². The molecule has 0 radical (unpaired) electrons. The Hall–Kier alpha value is -1.24. The predicted octanol–water partition coefficient (Wildman–Crippen LogP) is 4.09. The number of pyridine rings is 1. The molecule has 1 N–H and O–H groups in total. The summed E-state index contributed by atoms with van der Waals surface area (Å²) in [6.45, 7) is 7.38. The second kappa shape index (κ2) is 6.97. The van der Waals surface area contributed by atoms with Crippen molar-refractivity contribution in [3.63, 3.8) is 0 Å². The topological polar surface area (TPSA) is 50.7 Å². The molecule has 0 amide bonds. The highest BCUT2D eigenvalue weighted by Crippen LogP contribution is 2.28. The van der Waals surface area contributed by atoms with Gasteiger partial charge in [-0.25, -0.2) is 9.97 Å². The molecule has 0 fully saturated rings. The molecule has 0 atom stereocenters. The summed E-state index contributed by atoms with van der Waals surface area (Å²) in [5.74, 6) is 2.06. The predicted molar refractivity (Wildman–Crippen MR) is 90.8 cm³/mol. The van der Waals surface area contributed by atoms with E-state index in [2.05, 4.69) is 58.6 Å². The van der Waals surface area contributed by atoms with E-state index >= 15 is 0 Å². The molecule has 106 valence electrons. The average molecular weight is 382 g/mol. The Kier molecular flexibility index (Phi) is 5.28. The summed E-state index contributed by atoms with van der Waals surface area (Å²) in [5, 5.41) is 3.39. The fourth-order valence-corrected chi connectivity index (χ4v) is 2.89. The van der Waals surface area contributed by atoms with E-state index < -0.39 is 0 Å². The fourth-order valence-electron chi connectivity index (χ4n) is 1.84. The van der Waals surface area contributed by atoms with Gasteiger partial charge in [0.2, 0.25) is 0 Å². The molecular formula is C15H19IN4. The summed E-state index contributed by atoms with van der Waals surface area (Å²) in [5.41, 5.74) is 2.09. The van der Waals surface area contributed by atoms with Crippen LogP contribution in [0, 0.1) is 3.57 Å². The van der Waals surface area contributed by atoms with Gasteiger partial charge in [0.25, 0.3) is 0 Å². The lowest BCUT2D eigenvalue weighted by Crippen LogP contribution is -2.10. The molecule has 0 aromatic carbocycles. The van der Waals surface area contributed by atoms with Gasteiger partial charge in [0, 0.05) is 24.5 Å². The summed E-state index contributed by atoms with van der Waals surface area (Å²) < 4.78 is 1.11. The Bertz CT molecular complexity index is 570.